The highest BCUT2D eigenvalue weighted by Crippen LogP contribution is 2.39. The maximum atomic E-state index is 14.3. The van der Waals surface area contributed by atoms with E-state index in [9.17, 15) is 33.9 Å². The number of ether oxygens (including phenoxy) is 5. The summed E-state index contributed by atoms with van der Waals surface area (Å²) in [5, 5.41) is 21.0. The minimum atomic E-state index is -2.49. The summed E-state index contributed by atoms with van der Waals surface area (Å²) in [5.41, 5.74) is 1.84. The molecule has 1 saturated carbocycles. The zero-order chi connectivity index (χ0) is 43.6. The lowest BCUT2D eigenvalue weighted by Gasteiger charge is -2.47. The Kier molecular flexibility index (Phi) is 17.9. The molecule has 1 amide bonds. The SMILES string of the molecule is CC[C@@H]1/C=C(\C)C[C@H](C)C[C@H](OC)[C@H]2O[C@@](O)(C(=O)C(=O)N3CCCC[C@H]3C(=O)O[C@H](/C(C)=C/[C@H]3CC[C@H](OC(=O)CC(=O)O)CC3)[C@H](C)CCC1=O)[C@H](C)C[C@@H]2OC. The molecule has 0 aromatic heterocycles. The summed E-state index contributed by atoms with van der Waals surface area (Å²) in [6, 6.07) is -1.08. The first-order valence-electron chi connectivity index (χ1n) is 21.7. The van der Waals surface area contributed by atoms with E-state index in [0.29, 0.717) is 64.2 Å². The van der Waals surface area contributed by atoms with Gasteiger partial charge in [0.05, 0.1) is 12.2 Å². The number of piperidine rings is 1. The summed E-state index contributed by atoms with van der Waals surface area (Å²) in [6.45, 7) is 11.7. The largest absolute Gasteiger partial charge is 0.481 e. The fourth-order valence-corrected chi connectivity index (χ4v) is 9.57. The molecule has 0 spiro atoms. The van der Waals surface area contributed by atoms with Gasteiger partial charge in [0.1, 0.15) is 36.6 Å². The molecule has 3 fully saturated rings. The molecule has 3 heterocycles. The first-order valence-corrected chi connectivity index (χ1v) is 21.7. The number of fused-ring (bicyclic) bond motifs is 3. The number of carbonyl (C=O) groups excluding carboxylic acids is 5. The third kappa shape index (κ3) is 12.5. The van der Waals surface area contributed by atoms with E-state index in [2.05, 4.69) is 13.0 Å². The topological polar surface area (TPSA) is 192 Å². The van der Waals surface area contributed by atoms with E-state index in [4.69, 9.17) is 28.8 Å². The normalized spacial score (nSPS) is 37.3. The van der Waals surface area contributed by atoms with Crippen LogP contribution in [0, 0.1) is 29.6 Å². The van der Waals surface area contributed by atoms with Gasteiger partial charge in [-0.15, -0.1) is 0 Å². The molecule has 2 N–H and O–H groups in total. The lowest BCUT2D eigenvalue weighted by molar-refractivity contribution is -0.302. The van der Waals surface area contributed by atoms with Gasteiger partial charge in [-0.1, -0.05) is 45.4 Å². The number of Topliss-reactive ketones (excluding diaryl/α,β-unsaturated/α-hetero) is 2. The standard InChI is InChI=1S/C45H69NO13/c1-9-32-21-26(2)20-27(3)22-36(55-7)41-37(56-8)24-30(6)45(54,59-41)42(51)43(52)46-19-11-10-12-34(46)44(53)58-40(28(4)13-18-35(32)47)29(5)23-31-14-16-33(17-15-31)57-39(50)25-38(48)49/h21,23,27-28,30-34,36-37,40-41,54H,9-20,22,24-25H2,1-8H3,(H,48,49)/b26-21+,29-23+/t27-,28+,30+,31-,32+,33-,34-,36-,37-,40-,41+,45+/m0/s1. The molecule has 14 heteroatoms. The number of methoxy groups -OCH3 is 2. The molecule has 59 heavy (non-hydrogen) atoms. The highest BCUT2D eigenvalue weighted by atomic mass is 16.7. The van der Waals surface area contributed by atoms with Crippen LogP contribution in [0.1, 0.15) is 131 Å². The van der Waals surface area contributed by atoms with E-state index in [1.54, 1.807) is 14.0 Å². The van der Waals surface area contributed by atoms with E-state index in [0.717, 1.165) is 11.1 Å². The molecule has 10 atom stereocenters. The number of nitrogens with zero attached hydrogens (tertiary/aromatic N) is 1. The Morgan fingerprint density at radius 3 is 2.25 bits per heavy atom. The number of allylic oxidation sites excluding steroid dienone is 3. The van der Waals surface area contributed by atoms with Crippen LogP contribution in [0.3, 0.4) is 0 Å². The lowest BCUT2D eigenvalue weighted by Crippen LogP contribution is -2.64. The molecular formula is C45H69NO13. The number of carboxylic acids is 1. The van der Waals surface area contributed by atoms with E-state index >= 15 is 0 Å². The maximum Gasteiger partial charge on any atom is 0.329 e. The number of aliphatic hydroxyl groups is 1. The molecule has 3 aliphatic heterocycles. The molecule has 2 saturated heterocycles. The van der Waals surface area contributed by atoms with Crippen LogP contribution in [0.2, 0.25) is 0 Å². The quantitative estimate of drug-likeness (QED) is 0.127. The summed E-state index contributed by atoms with van der Waals surface area (Å²) >= 11 is 0. The van der Waals surface area contributed by atoms with Crippen molar-refractivity contribution in [2.75, 3.05) is 20.8 Å². The van der Waals surface area contributed by atoms with Crippen LogP contribution in [0.15, 0.2) is 23.3 Å². The van der Waals surface area contributed by atoms with Crippen LogP contribution in [0.5, 0.6) is 0 Å². The molecule has 4 rings (SSSR count). The van der Waals surface area contributed by atoms with Crippen molar-refractivity contribution in [3.05, 3.63) is 23.3 Å². The molecule has 332 valence electrons. The first-order chi connectivity index (χ1) is 27.9. The van der Waals surface area contributed by atoms with Gasteiger partial charge >= 0.3 is 17.9 Å². The number of ketones is 2. The van der Waals surface area contributed by atoms with Crippen molar-refractivity contribution in [1.82, 2.24) is 4.90 Å². The number of amides is 1. The monoisotopic (exact) mass is 831 g/mol. The van der Waals surface area contributed by atoms with Gasteiger partial charge < -0.3 is 38.8 Å². The lowest BCUT2D eigenvalue weighted by atomic mass is 9.82. The fourth-order valence-electron chi connectivity index (χ4n) is 9.57. The van der Waals surface area contributed by atoms with Crippen LogP contribution in [0.25, 0.3) is 0 Å². The Balaban J connectivity index is 1.67. The van der Waals surface area contributed by atoms with E-state index in [-0.39, 0.29) is 61.4 Å². The molecular weight excluding hydrogens is 762 g/mol. The Morgan fingerprint density at radius 1 is 0.966 bits per heavy atom. The minimum Gasteiger partial charge on any atom is -0.481 e. The Labute approximate surface area is 349 Å². The zero-order valence-electron chi connectivity index (χ0n) is 36.4. The highest BCUT2D eigenvalue weighted by molar-refractivity contribution is 6.39. The predicted octanol–water partition coefficient (Wildman–Crippen LogP) is 5.90. The molecule has 1 aliphatic carbocycles. The predicted molar refractivity (Wildman–Crippen MR) is 217 cm³/mol. The van der Waals surface area contributed by atoms with Crippen molar-refractivity contribution >= 4 is 35.4 Å². The van der Waals surface area contributed by atoms with Crippen LogP contribution in [0.4, 0.5) is 0 Å². The van der Waals surface area contributed by atoms with Gasteiger partial charge in [-0.05, 0) is 114 Å². The second-order valence-corrected chi connectivity index (χ2v) is 17.7. The average molecular weight is 832 g/mol. The molecule has 14 nitrogen and oxygen atoms in total. The molecule has 0 radical (unpaired) electrons. The molecule has 0 aromatic rings. The van der Waals surface area contributed by atoms with Crippen molar-refractivity contribution in [1.29, 1.82) is 0 Å². The number of esters is 2. The van der Waals surface area contributed by atoms with Crippen LogP contribution in [-0.4, -0.2) is 114 Å². The van der Waals surface area contributed by atoms with Gasteiger partial charge in [-0.2, -0.15) is 0 Å². The zero-order valence-corrected chi connectivity index (χ0v) is 36.4. The maximum absolute atomic E-state index is 14.3. The number of aliphatic carboxylic acids is 1. The Hall–Kier alpha value is -3.46. The number of rotatable bonds is 8. The summed E-state index contributed by atoms with van der Waals surface area (Å²) in [5.74, 6) is -8.46. The van der Waals surface area contributed by atoms with Crippen LogP contribution in [-0.2, 0) is 52.5 Å². The first kappa shape index (κ1) is 48.2. The molecule has 2 bridgehead atoms. The second-order valence-electron chi connectivity index (χ2n) is 17.7. The summed E-state index contributed by atoms with van der Waals surface area (Å²) in [6.07, 6.45) is 6.94. The van der Waals surface area contributed by atoms with Crippen molar-refractivity contribution < 1.29 is 62.7 Å². The smallest absolute Gasteiger partial charge is 0.329 e. The van der Waals surface area contributed by atoms with Gasteiger partial charge in [0.15, 0.2) is 0 Å². The fraction of sp³-hybridized carbons (Fsp3) is 0.778. The number of carboxylic acid groups (broad SMARTS) is 1. The minimum absolute atomic E-state index is 0.0682. The highest BCUT2D eigenvalue weighted by Gasteiger charge is 2.56. The summed E-state index contributed by atoms with van der Waals surface area (Å²) in [4.78, 5) is 80.6. The van der Waals surface area contributed by atoms with Gasteiger partial charge in [-0.3, -0.25) is 24.0 Å². The number of cyclic esters (lactones) is 1. The van der Waals surface area contributed by atoms with E-state index in [1.807, 2.05) is 33.8 Å². The van der Waals surface area contributed by atoms with E-state index in [1.165, 1.54) is 12.0 Å². The Morgan fingerprint density at radius 2 is 1.63 bits per heavy atom. The van der Waals surface area contributed by atoms with Gasteiger partial charge in [0.25, 0.3) is 11.7 Å². The third-order valence-corrected chi connectivity index (χ3v) is 13.0. The third-order valence-electron chi connectivity index (χ3n) is 13.0. The second kappa shape index (κ2) is 21.9. The Bertz CT molecular complexity index is 1570. The van der Waals surface area contributed by atoms with E-state index < -0.39 is 78.2 Å². The number of carbonyl (C=O) groups is 6. The summed E-state index contributed by atoms with van der Waals surface area (Å²) < 4.78 is 29.7. The van der Waals surface area contributed by atoms with Gasteiger partial charge in [-0.25, -0.2) is 4.79 Å². The van der Waals surface area contributed by atoms with Crippen LogP contribution >= 0.6 is 0 Å². The molecule has 4 aliphatic rings. The van der Waals surface area contributed by atoms with Crippen molar-refractivity contribution in [3.8, 4) is 0 Å². The number of hydrogen-bond donors (Lipinski definition) is 2. The van der Waals surface area contributed by atoms with Crippen molar-refractivity contribution in [2.45, 2.75) is 174 Å². The van der Waals surface area contributed by atoms with Crippen LogP contribution < -0.4 is 0 Å². The van der Waals surface area contributed by atoms with Gasteiger partial charge in [0, 0.05) is 39.0 Å². The van der Waals surface area contributed by atoms with Crippen molar-refractivity contribution in [3.63, 3.8) is 0 Å². The van der Waals surface area contributed by atoms with Gasteiger partial charge in [0.2, 0.25) is 5.79 Å². The summed E-state index contributed by atoms with van der Waals surface area (Å²) in [7, 11) is 3.08. The molecule has 0 aromatic carbocycles. The molecule has 0 unspecified atom stereocenters. The average Bonchev–Trinajstić information content (AvgIpc) is 3.20. The number of hydrogen-bond acceptors (Lipinski definition) is 12. The van der Waals surface area contributed by atoms with Crippen molar-refractivity contribution in [2.24, 2.45) is 29.6 Å².